The third-order valence-electron chi connectivity index (χ3n) is 4.00. The van der Waals surface area contributed by atoms with Crippen LogP contribution in [0.3, 0.4) is 0 Å². The molecule has 0 spiro atoms. The molecule has 7 heteroatoms. The van der Waals surface area contributed by atoms with E-state index in [2.05, 4.69) is 26.7 Å². The van der Waals surface area contributed by atoms with Gasteiger partial charge in [-0.2, -0.15) is 0 Å². The fourth-order valence-corrected chi connectivity index (χ4v) is 4.07. The highest BCUT2D eigenvalue weighted by atomic mass is 32.2. The third-order valence-corrected chi connectivity index (χ3v) is 5.55. The molecule has 0 aliphatic carbocycles. The first-order chi connectivity index (χ1) is 12.4. The smallest absolute Gasteiger partial charge is 0.217 e. The molecule has 2 aromatic rings. The molecule has 0 radical (unpaired) electrons. The number of aryl methyl sites for hydroxylation is 1. The number of aromatic nitrogens is 2. The Labute approximate surface area is 158 Å². The maximum atomic E-state index is 11.3. The molecule has 2 aromatic heterocycles. The van der Waals surface area contributed by atoms with Gasteiger partial charge in [-0.25, -0.2) is 9.97 Å². The number of hydrogen-bond acceptors (Lipinski definition) is 6. The normalized spacial score (nSPS) is 17.6. The molecular weight excluding hydrogens is 346 g/mol. The average molecular weight is 369 g/mol. The van der Waals surface area contributed by atoms with E-state index in [1.165, 1.54) is 0 Å². The highest BCUT2D eigenvalue weighted by Crippen LogP contribution is 2.39. The number of likely N-dealkylation sites (N-methyl/N-ethyl adjacent to an activating group) is 1. The molecule has 2 N–H and O–H groups in total. The number of thioether (sulfide) groups is 1. The lowest BCUT2D eigenvalue weighted by atomic mass is 10.3. The molecule has 0 bridgehead atoms. The number of nitrogens with one attached hydrogen (secondary N) is 2. The van der Waals surface area contributed by atoms with Crippen molar-refractivity contribution >= 4 is 34.2 Å². The molecule has 0 fully saturated rings. The van der Waals surface area contributed by atoms with Crippen LogP contribution in [0.5, 0.6) is 0 Å². The van der Waals surface area contributed by atoms with E-state index in [0.29, 0.717) is 0 Å². The van der Waals surface area contributed by atoms with Gasteiger partial charge in [0.15, 0.2) is 0 Å². The first kappa shape index (κ1) is 18.3. The fourth-order valence-electron chi connectivity index (χ4n) is 2.85. The zero-order chi connectivity index (χ0) is 18.7. The first-order valence-electron chi connectivity index (χ1n) is 8.47. The number of rotatable bonds is 5. The van der Waals surface area contributed by atoms with E-state index in [1.807, 2.05) is 51.2 Å². The lowest BCUT2D eigenvalue weighted by Crippen LogP contribution is -2.43. The van der Waals surface area contributed by atoms with Crippen LogP contribution in [0.1, 0.15) is 25.1 Å². The topological polar surface area (TPSA) is 70.1 Å². The van der Waals surface area contributed by atoms with E-state index in [-0.39, 0.29) is 17.3 Å². The predicted octanol–water partition coefficient (Wildman–Crippen LogP) is 3.36. The van der Waals surface area contributed by atoms with Gasteiger partial charge in [0, 0.05) is 26.4 Å². The van der Waals surface area contributed by atoms with Crippen molar-refractivity contribution in [1.82, 2.24) is 20.2 Å². The molecule has 1 aliphatic rings. The number of carbonyl (C=O) groups excluding carboxylic acids is 1. The number of hydrogen-bond donors (Lipinski definition) is 2. The Hall–Kier alpha value is -2.54. The van der Waals surface area contributed by atoms with Gasteiger partial charge in [-0.05, 0) is 43.7 Å². The molecule has 136 valence electrons. The molecule has 3 rings (SSSR count). The first-order valence-corrected chi connectivity index (χ1v) is 9.35. The van der Waals surface area contributed by atoms with E-state index in [0.717, 1.165) is 27.8 Å². The van der Waals surface area contributed by atoms with Crippen LogP contribution in [0.15, 0.2) is 42.7 Å². The van der Waals surface area contributed by atoms with Crippen LogP contribution < -0.4 is 10.6 Å². The summed E-state index contributed by atoms with van der Waals surface area (Å²) in [5.74, 6) is 1.51. The van der Waals surface area contributed by atoms with Crippen molar-refractivity contribution in [3.8, 4) is 0 Å². The van der Waals surface area contributed by atoms with Crippen molar-refractivity contribution < 1.29 is 4.79 Å². The van der Waals surface area contributed by atoms with E-state index in [9.17, 15) is 4.79 Å². The Morgan fingerprint density at radius 1 is 1.31 bits per heavy atom. The van der Waals surface area contributed by atoms with Crippen LogP contribution in [0.2, 0.25) is 0 Å². The minimum absolute atomic E-state index is 0.0186. The molecule has 1 amide bonds. The van der Waals surface area contributed by atoms with Gasteiger partial charge < -0.3 is 15.5 Å². The summed E-state index contributed by atoms with van der Waals surface area (Å²) in [7, 11) is 2.02. The summed E-state index contributed by atoms with van der Waals surface area (Å²) in [5.41, 5.74) is 2.04. The molecule has 2 atom stereocenters. The second kappa shape index (κ2) is 7.78. The molecule has 0 saturated carbocycles. The Kier molecular flexibility index (Phi) is 5.46. The summed E-state index contributed by atoms with van der Waals surface area (Å²) in [6.07, 6.45) is 3.85. The molecule has 6 nitrogen and oxygen atoms in total. The number of carbonyl (C=O) groups is 1. The highest BCUT2D eigenvalue weighted by molar-refractivity contribution is 8.09. The minimum Gasteiger partial charge on any atom is -0.365 e. The van der Waals surface area contributed by atoms with Crippen LogP contribution in [0, 0.1) is 6.92 Å². The Morgan fingerprint density at radius 3 is 2.85 bits per heavy atom. The van der Waals surface area contributed by atoms with Gasteiger partial charge in [0.1, 0.15) is 11.6 Å². The summed E-state index contributed by atoms with van der Waals surface area (Å²) < 4.78 is 0. The van der Waals surface area contributed by atoms with Crippen LogP contribution in [-0.2, 0) is 4.79 Å². The summed E-state index contributed by atoms with van der Waals surface area (Å²) in [5, 5.41) is 6.36. The third kappa shape index (κ3) is 4.35. The van der Waals surface area contributed by atoms with Crippen molar-refractivity contribution in [3.63, 3.8) is 0 Å². The number of nitrogens with zero attached hydrogens (tertiary/aromatic N) is 3. The van der Waals surface area contributed by atoms with E-state index in [1.54, 1.807) is 24.9 Å². The lowest BCUT2D eigenvalue weighted by molar-refractivity contribution is -0.119. The molecule has 1 aliphatic heterocycles. The van der Waals surface area contributed by atoms with Gasteiger partial charge >= 0.3 is 0 Å². The molecule has 26 heavy (non-hydrogen) atoms. The highest BCUT2D eigenvalue weighted by Gasteiger charge is 2.29. The van der Waals surface area contributed by atoms with E-state index < -0.39 is 0 Å². The van der Waals surface area contributed by atoms with Gasteiger partial charge in [-0.3, -0.25) is 4.79 Å². The average Bonchev–Trinajstić information content (AvgIpc) is 2.96. The summed E-state index contributed by atoms with van der Waals surface area (Å²) >= 11 is 1.71. The Morgan fingerprint density at radius 2 is 2.12 bits per heavy atom. The van der Waals surface area contributed by atoms with Crippen molar-refractivity contribution in [2.45, 2.75) is 32.2 Å². The van der Waals surface area contributed by atoms with E-state index >= 15 is 0 Å². The fraction of sp³-hybridized carbons (Fsp3) is 0.316. The molecule has 3 heterocycles. The largest absolute Gasteiger partial charge is 0.365 e. The van der Waals surface area contributed by atoms with Gasteiger partial charge in [0.25, 0.3) is 0 Å². The lowest BCUT2D eigenvalue weighted by Gasteiger charge is -2.26. The van der Waals surface area contributed by atoms with Gasteiger partial charge in [-0.1, -0.05) is 17.8 Å². The van der Waals surface area contributed by atoms with Crippen LogP contribution in [0.25, 0.3) is 4.91 Å². The molecule has 0 saturated heterocycles. The van der Waals surface area contributed by atoms with Crippen LogP contribution in [-0.4, -0.2) is 39.2 Å². The molecular formula is C19H23N5OS. The number of anilines is 2. The van der Waals surface area contributed by atoms with Crippen molar-refractivity contribution in [1.29, 1.82) is 0 Å². The van der Waals surface area contributed by atoms with Gasteiger partial charge in [-0.15, -0.1) is 0 Å². The van der Waals surface area contributed by atoms with Crippen LogP contribution >= 0.6 is 11.8 Å². The summed E-state index contributed by atoms with van der Waals surface area (Å²) in [6.45, 7) is 5.59. The molecule has 1 unspecified atom stereocenters. The van der Waals surface area contributed by atoms with Crippen molar-refractivity contribution in [2.75, 3.05) is 12.4 Å². The van der Waals surface area contributed by atoms with E-state index in [4.69, 9.17) is 4.98 Å². The van der Waals surface area contributed by atoms with Crippen molar-refractivity contribution in [2.24, 2.45) is 0 Å². The summed E-state index contributed by atoms with van der Waals surface area (Å²) in [4.78, 5) is 23.6. The Bertz CT molecular complexity index is 838. The second-order valence-corrected chi connectivity index (χ2v) is 7.57. The number of pyridine rings is 2. The molecule has 0 aromatic carbocycles. The SMILES string of the molecule is CC(=O)N[C@@H](C)C1SC(c2cccc(Nc3cc(C)ccn3)n2)=CN1C. The van der Waals surface area contributed by atoms with Crippen LogP contribution in [0.4, 0.5) is 11.6 Å². The maximum Gasteiger partial charge on any atom is 0.217 e. The van der Waals surface area contributed by atoms with Gasteiger partial charge in [0.05, 0.1) is 22.0 Å². The monoisotopic (exact) mass is 369 g/mol. The second-order valence-electron chi connectivity index (χ2n) is 6.41. The Balaban J connectivity index is 1.74. The minimum atomic E-state index is -0.0186. The summed E-state index contributed by atoms with van der Waals surface area (Å²) in [6, 6.07) is 9.88. The predicted molar refractivity (Wildman–Crippen MR) is 107 cm³/mol. The zero-order valence-electron chi connectivity index (χ0n) is 15.4. The van der Waals surface area contributed by atoms with Crippen molar-refractivity contribution in [3.05, 3.63) is 54.0 Å². The quantitative estimate of drug-likeness (QED) is 0.842. The standard InChI is InChI=1S/C19H23N5OS/c1-12-8-9-20-18(10-12)23-17-7-5-6-15(22-17)16-11-24(4)19(26-16)13(2)21-14(3)25/h5-11,13,19H,1-4H3,(H,21,25)(H,20,22,23)/t13-,19?/m0/s1. The maximum absolute atomic E-state index is 11.3. The number of amides is 1. The van der Waals surface area contributed by atoms with Gasteiger partial charge in [0.2, 0.25) is 5.91 Å². The zero-order valence-corrected chi connectivity index (χ0v) is 16.2.